The molecule has 1 aliphatic rings. The molecule has 120 valence electrons. The Hall–Kier alpha value is -1.63. The summed E-state index contributed by atoms with van der Waals surface area (Å²) in [4.78, 5) is 6.79. The lowest BCUT2D eigenvalue weighted by Gasteiger charge is -2.30. The number of benzene rings is 1. The molecule has 7 heteroatoms. The van der Waals surface area contributed by atoms with Gasteiger partial charge in [0.25, 0.3) is 5.89 Å². The molecular formula is C15H21ClN4O2. The second kappa shape index (κ2) is 7.58. The molecular weight excluding hydrogens is 304 g/mol. The number of hydrogen-bond donors (Lipinski definition) is 1. The Morgan fingerprint density at radius 3 is 3.00 bits per heavy atom. The molecule has 1 N–H and O–H groups in total. The molecule has 1 aromatic carbocycles. The zero-order chi connectivity index (χ0) is 14.7. The standard InChI is InChI=1S/C15H20N4O2.ClH/c1-3-20-13-7-5-4-6-11(13)15-17-14(18-21-15)12-10-16-8-9-19(12)2;/h4-7,12,16H,3,8-10H2,1-2H3;1H. The van der Waals surface area contributed by atoms with Crippen molar-refractivity contribution in [2.45, 2.75) is 13.0 Å². The summed E-state index contributed by atoms with van der Waals surface area (Å²) in [7, 11) is 2.08. The maximum atomic E-state index is 5.62. The lowest BCUT2D eigenvalue weighted by atomic mass is 10.2. The van der Waals surface area contributed by atoms with Crippen molar-refractivity contribution >= 4 is 12.4 Å². The fraction of sp³-hybridized carbons (Fsp3) is 0.467. The van der Waals surface area contributed by atoms with Gasteiger partial charge in [-0.1, -0.05) is 17.3 Å². The molecule has 0 amide bonds. The number of piperazine rings is 1. The van der Waals surface area contributed by atoms with Gasteiger partial charge in [-0.05, 0) is 26.1 Å². The first-order chi connectivity index (χ1) is 10.3. The van der Waals surface area contributed by atoms with Crippen LogP contribution in [0.25, 0.3) is 11.5 Å². The van der Waals surface area contributed by atoms with Gasteiger partial charge < -0.3 is 14.6 Å². The van der Waals surface area contributed by atoms with Gasteiger partial charge in [0, 0.05) is 19.6 Å². The molecule has 1 fully saturated rings. The molecule has 0 aliphatic carbocycles. The van der Waals surface area contributed by atoms with Gasteiger partial charge in [-0.2, -0.15) is 4.98 Å². The fourth-order valence-corrected chi connectivity index (χ4v) is 2.50. The van der Waals surface area contributed by atoms with Crippen molar-refractivity contribution < 1.29 is 9.26 Å². The highest BCUT2D eigenvalue weighted by Gasteiger charge is 2.26. The third kappa shape index (κ3) is 3.40. The highest BCUT2D eigenvalue weighted by atomic mass is 35.5. The monoisotopic (exact) mass is 324 g/mol. The van der Waals surface area contributed by atoms with Gasteiger partial charge in [0.15, 0.2) is 5.82 Å². The Labute approximate surface area is 136 Å². The van der Waals surface area contributed by atoms with Crippen LogP contribution in [0.1, 0.15) is 18.8 Å². The molecule has 1 atom stereocenters. The number of ether oxygens (including phenoxy) is 1. The summed E-state index contributed by atoms with van der Waals surface area (Å²) in [5, 5.41) is 7.50. The smallest absolute Gasteiger partial charge is 0.261 e. The average Bonchev–Trinajstić information content (AvgIpc) is 2.98. The van der Waals surface area contributed by atoms with Crippen molar-refractivity contribution in [3.8, 4) is 17.2 Å². The fourth-order valence-electron chi connectivity index (χ4n) is 2.50. The maximum absolute atomic E-state index is 5.62. The first kappa shape index (κ1) is 16.7. The molecule has 1 saturated heterocycles. The van der Waals surface area contributed by atoms with E-state index in [4.69, 9.17) is 9.26 Å². The van der Waals surface area contributed by atoms with Gasteiger partial charge in [0.05, 0.1) is 18.2 Å². The minimum Gasteiger partial charge on any atom is -0.493 e. The summed E-state index contributed by atoms with van der Waals surface area (Å²) in [6.07, 6.45) is 0. The number of para-hydroxylation sites is 1. The Bertz CT molecular complexity index is 605. The Kier molecular flexibility index (Phi) is 5.76. The highest BCUT2D eigenvalue weighted by molar-refractivity contribution is 5.85. The number of nitrogens with one attached hydrogen (secondary N) is 1. The zero-order valence-electron chi connectivity index (χ0n) is 12.8. The Morgan fingerprint density at radius 2 is 2.23 bits per heavy atom. The molecule has 1 unspecified atom stereocenters. The summed E-state index contributed by atoms with van der Waals surface area (Å²) in [6.45, 7) is 5.36. The van der Waals surface area contributed by atoms with Crippen molar-refractivity contribution in [1.82, 2.24) is 20.4 Å². The van der Waals surface area contributed by atoms with Crippen molar-refractivity contribution in [1.29, 1.82) is 0 Å². The van der Waals surface area contributed by atoms with Crippen LogP contribution in [0.15, 0.2) is 28.8 Å². The molecule has 2 aromatic rings. The highest BCUT2D eigenvalue weighted by Crippen LogP contribution is 2.29. The van der Waals surface area contributed by atoms with E-state index in [1.54, 1.807) is 0 Å². The lowest BCUT2D eigenvalue weighted by molar-refractivity contribution is 0.190. The second-order valence-corrected chi connectivity index (χ2v) is 5.09. The molecule has 1 aliphatic heterocycles. The van der Waals surface area contributed by atoms with Gasteiger partial charge in [-0.15, -0.1) is 12.4 Å². The van der Waals surface area contributed by atoms with E-state index in [-0.39, 0.29) is 18.4 Å². The minimum absolute atomic E-state index is 0. The Balaban J connectivity index is 0.00000176. The van der Waals surface area contributed by atoms with Crippen LogP contribution in [0.5, 0.6) is 5.75 Å². The molecule has 0 bridgehead atoms. The van der Waals surface area contributed by atoms with E-state index < -0.39 is 0 Å². The lowest BCUT2D eigenvalue weighted by Crippen LogP contribution is -2.44. The first-order valence-corrected chi connectivity index (χ1v) is 7.26. The van der Waals surface area contributed by atoms with Crippen molar-refractivity contribution in [3.63, 3.8) is 0 Å². The zero-order valence-corrected chi connectivity index (χ0v) is 13.6. The second-order valence-electron chi connectivity index (χ2n) is 5.09. The van der Waals surface area contributed by atoms with Crippen LogP contribution in [0, 0.1) is 0 Å². The molecule has 2 heterocycles. The number of likely N-dealkylation sites (N-methyl/N-ethyl adjacent to an activating group) is 1. The molecule has 22 heavy (non-hydrogen) atoms. The van der Waals surface area contributed by atoms with Gasteiger partial charge in [0.2, 0.25) is 0 Å². The quantitative estimate of drug-likeness (QED) is 0.929. The van der Waals surface area contributed by atoms with E-state index >= 15 is 0 Å². The number of rotatable bonds is 4. The summed E-state index contributed by atoms with van der Waals surface area (Å²) in [5.41, 5.74) is 0.838. The van der Waals surface area contributed by atoms with E-state index in [0.717, 1.165) is 30.9 Å². The minimum atomic E-state index is 0. The number of nitrogens with zero attached hydrogens (tertiary/aromatic N) is 3. The van der Waals surface area contributed by atoms with Crippen molar-refractivity contribution in [3.05, 3.63) is 30.1 Å². The third-order valence-corrected chi connectivity index (χ3v) is 3.67. The molecule has 0 saturated carbocycles. The molecule has 0 radical (unpaired) electrons. The largest absolute Gasteiger partial charge is 0.493 e. The molecule has 1 aromatic heterocycles. The van der Waals surface area contributed by atoms with E-state index in [2.05, 4.69) is 27.4 Å². The summed E-state index contributed by atoms with van der Waals surface area (Å²) >= 11 is 0. The molecule has 3 rings (SSSR count). The number of hydrogen-bond acceptors (Lipinski definition) is 6. The van der Waals surface area contributed by atoms with Gasteiger partial charge in [-0.3, -0.25) is 4.90 Å². The van der Waals surface area contributed by atoms with Crippen LogP contribution in [-0.4, -0.2) is 48.3 Å². The van der Waals surface area contributed by atoms with Gasteiger partial charge in [0.1, 0.15) is 5.75 Å². The van der Waals surface area contributed by atoms with Crippen LogP contribution in [0.2, 0.25) is 0 Å². The average molecular weight is 325 g/mol. The molecule has 0 spiro atoms. The van der Waals surface area contributed by atoms with Crippen LogP contribution in [0.3, 0.4) is 0 Å². The summed E-state index contributed by atoms with van der Waals surface area (Å²) in [6, 6.07) is 7.87. The van der Waals surface area contributed by atoms with Crippen LogP contribution < -0.4 is 10.1 Å². The van der Waals surface area contributed by atoms with Crippen molar-refractivity contribution in [2.75, 3.05) is 33.3 Å². The van der Waals surface area contributed by atoms with E-state index in [9.17, 15) is 0 Å². The third-order valence-electron chi connectivity index (χ3n) is 3.67. The SMILES string of the molecule is CCOc1ccccc1-c1nc(C2CNCCN2C)no1.Cl. The number of aromatic nitrogens is 2. The van der Waals surface area contributed by atoms with Crippen LogP contribution in [0.4, 0.5) is 0 Å². The predicted molar refractivity (Wildman–Crippen MR) is 86.4 cm³/mol. The topological polar surface area (TPSA) is 63.4 Å². The van der Waals surface area contributed by atoms with E-state index in [1.807, 2.05) is 31.2 Å². The van der Waals surface area contributed by atoms with E-state index in [1.165, 1.54) is 0 Å². The van der Waals surface area contributed by atoms with Gasteiger partial charge >= 0.3 is 0 Å². The first-order valence-electron chi connectivity index (χ1n) is 7.26. The molecule has 6 nitrogen and oxygen atoms in total. The number of halogens is 1. The maximum Gasteiger partial charge on any atom is 0.261 e. The van der Waals surface area contributed by atoms with Crippen molar-refractivity contribution in [2.24, 2.45) is 0 Å². The summed E-state index contributed by atoms with van der Waals surface area (Å²) < 4.78 is 11.1. The van der Waals surface area contributed by atoms with Gasteiger partial charge in [-0.25, -0.2) is 0 Å². The Morgan fingerprint density at radius 1 is 1.41 bits per heavy atom. The normalized spacial score (nSPS) is 18.7. The van der Waals surface area contributed by atoms with E-state index in [0.29, 0.717) is 18.3 Å². The van der Waals surface area contributed by atoms with Crippen LogP contribution >= 0.6 is 12.4 Å². The summed E-state index contributed by atoms with van der Waals surface area (Å²) in [5.74, 6) is 1.99. The predicted octanol–water partition coefficient (Wildman–Crippen LogP) is 2.13. The van der Waals surface area contributed by atoms with Crippen LogP contribution in [-0.2, 0) is 0 Å².